The quantitative estimate of drug-likeness (QED) is 0.631. The van der Waals surface area contributed by atoms with Gasteiger partial charge >= 0.3 is 5.97 Å². The van der Waals surface area contributed by atoms with Gasteiger partial charge in [0.15, 0.2) is 0 Å². The normalized spacial score (nSPS) is 16.2. The predicted octanol–water partition coefficient (Wildman–Crippen LogP) is 2.07. The molecule has 0 fully saturated rings. The molecule has 0 saturated heterocycles. The van der Waals surface area contributed by atoms with Gasteiger partial charge in [-0.2, -0.15) is 0 Å². The molecule has 0 heterocycles. The molecule has 0 aromatic carbocycles. The summed E-state index contributed by atoms with van der Waals surface area (Å²) in [7, 11) is 0. The summed E-state index contributed by atoms with van der Waals surface area (Å²) in [4.78, 5) is 10.2. The molecule has 0 aliphatic heterocycles. The maximum absolute atomic E-state index is 10.2. The van der Waals surface area contributed by atoms with Crippen molar-refractivity contribution in [2.75, 3.05) is 0 Å². The topological polar surface area (TPSA) is 37.3 Å². The Morgan fingerprint density at radius 3 is 3.08 bits per heavy atom. The fraction of sp³-hybridized carbons (Fsp3) is 0.100. The van der Waals surface area contributed by atoms with Gasteiger partial charge in [-0.1, -0.05) is 30.4 Å². The SMILES string of the molecule is O=C(O)/C=C/C1=CCC=CC=C1. The summed E-state index contributed by atoms with van der Waals surface area (Å²) in [5.41, 5.74) is 0.933. The van der Waals surface area contributed by atoms with Gasteiger partial charge in [0.05, 0.1) is 0 Å². The summed E-state index contributed by atoms with van der Waals surface area (Å²) in [6.07, 6.45) is 13.3. The van der Waals surface area contributed by atoms with E-state index in [2.05, 4.69) is 0 Å². The molecule has 0 atom stereocenters. The fourth-order valence-electron chi connectivity index (χ4n) is 0.887. The first-order valence-corrected chi connectivity index (χ1v) is 3.73. The first-order valence-electron chi connectivity index (χ1n) is 3.73. The number of carbonyl (C=O) groups is 1. The molecular formula is C10H10O2. The lowest BCUT2D eigenvalue weighted by Gasteiger charge is -1.88. The van der Waals surface area contributed by atoms with Crippen molar-refractivity contribution in [1.29, 1.82) is 0 Å². The van der Waals surface area contributed by atoms with Crippen LogP contribution in [0.5, 0.6) is 0 Å². The third kappa shape index (κ3) is 3.01. The van der Waals surface area contributed by atoms with E-state index in [1.807, 2.05) is 30.4 Å². The van der Waals surface area contributed by atoms with Crippen LogP contribution in [0.1, 0.15) is 6.42 Å². The molecule has 0 aromatic heterocycles. The van der Waals surface area contributed by atoms with Crippen molar-refractivity contribution >= 4 is 5.97 Å². The second kappa shape index (κ2) is 4.34. The zero-order valence-electron chi connectivity index (χ0n) is 6.60. The van der Waals surface area contributed by atoms with Gasteiger partial charge < -0.3 is 5.11 Å². The van der Waals surface area contributed by atoms with Crippen LogP contribution >= 0.6 is 0 Å². The molecule has 1 aliphatic rings. The molecule has 0 aromatic rings. The average Bonchev–Trinajstić information content (AvgIpc) is 2.28. The minimum Gasteiger partial charge on any atom is -0.478 e. The molecule has 1 N–H and O–H groups in total. The number of hydrogen-bond donors (Lipinski definition) is 1. The summed E-state index contributed by atoms with van der Waals surface area (Å²) in [5, 5.41) is 8.36. The lowest BCUT2D eigenvalue weighted by molar-refractivity contribution is -0.131. The highest BCUT2D eigenvalue weighted by Crippen LogP contribution is 2.05. The van der Waals surface area contributed by atoms with Crippen LogP contribution in [0.15, 0.2) is 48.1 Å². The summed E-state index contributed by atoms with van der Waals surface area (Å²) >= 11 is 0. The van der Waals surface area contributed by atoms with Crippen molar-refractivity contribution in [3.05, 3.63) is 48.1 Å². The molecule has 0 radical (unpaired) electrons. The Kier molecular flexibility index (Phi) is 3.08. The summed E-state index contributed by atoms with van der Waals surface area (Å²) in [5.74, 6) is -0.915. The molecule has 62 valence electrons. The Hall–Kier alpha value is -1.57. The van der Waals surface area contributed by atoms with Crippen molar-refractivity contribution in [3.8, 4) is 0 Å². The summed E-state index contributed by atoms with van der Waals surface area (Å²) in [6.45, 7) is 0. The number of carboxylic acid groups (broad SMARTS) is 1. The Morgan fingerprint density at radius 1 is 1.50 bits per heavy atom. The van der Waals surface area contributed by atoms with Crippen LogP contribution in [0, 0.1) is 0 Å². The smallest absolute Gasteiger partial charge is 0.328 e. The van der Waals surface area contributed by atoms with Gasteiger partial charge in [-0.3, -0.25) is 0 Å². The summed E-state index contributed by atoms with van der Waals surface area (Å²) < 4.78 is 0. The van der Waals surface area contributed by atoms with E-state index in [0.717, 1.165) is 18.1 Å². The highest BCUT2D eigenvalue weighted by atomic mass is 16.4. The van der Waals surface area contributed by atoms with Gasteiger partial charge in [-0.25, -0.2) is 4.79 Å². The van der Waals surface area contributed by atoms with Crippen molar-refractivity contribution in [2.45, 2.75) is 6.42 Å². The van der Waals surface area contributed by atoms with E-state index in [1.54, 1.807) is 6.08 Å². The molecule has 0 amide bonds. The highest BCUT2D eigenvalue weighted by molar-refractivity contribution is 5.80. The second-order valence-corrected chi connectivity index (χ2v) is 2.40. The van der Waals surface area contributed by atoms with E-state index in [9.17, 15) is 4.79 Å². The lowest BCUT2D eigenvalue weighted by Crippen LogP contribution is -1.86. The number of hydrogen-bond acceptors (Lipinski definition) is 1. The molecule has 0 bridgehead atoms. The predicted molar refractivity (Wildman–Crippen MR) is 47.8 cm³/mol. The zero-order valence-corrected chi connectivity index (χ0v) is 6.60. The Balaban J connectivity index is 2.64. The van der Waals surface area contributed by atoms with E-state index in [0.29, 0.717) is 0 Å². The van der Waals surface area contributed by atoms with E-state index < -0.39 is 5.97 Å². The fourth-order valence-corrected chi connectivity index (χ4v) is 0.887. The molecule has 12 heavy (non-hydrogen) atoms. The van der Waals surface area contributed by atoms with E-state index >= 15 is 0 Å². The van der Waals surface area contributed by atoms with E-state index in [1.165, 1.54) is 0 Å². The van der Waals surface area contributed by atoms with Crippen LogP contribution < -0.4 is 0 Å². The Morgan fingerprint density at radius 2 is 2.33 bits per heavy atom. The maximum atomic E-state index is 10.2. The zero-order chi connectivity index (χ0) is 8.81. The third-order valence-corrected chi connectivity index (χ3v) is 1.44. The molecule has 0 unspecified atom stereocenters. The summed E-state index contributed by atoms with van der Waals surface area (Å²) in [6, 6.07) is 0. The van der Waals surface area contributed by atoms with Crippen molar-refractivity contribution in [2.24, 2.45) is 0 Å². The molecule has 1 aliphatic carbocycles. The van der Waals surface area contributed by atoms with Gasteiger partial charge in [0.25, 0.3) is 0 Å². The van der Waals surface area contributed by atoms with Crippen molar-refractivity contribution in [3.63, 3.8) is 0 Å². The van der Waals surface area contributed by atoms with Crippen LogP contribution in [-0.2, 0) is 4.79 Å². The van der Waals surface area contributed by atoms with Gasteiger partial charge in [-0.05, 0) is 18.1 Å². The first-order chi connectivity index (χ1) is 5.79. The third-order valence-electron chi connectivity index (χ3n) is 1.44. The van der Waals surface area contributed by atoms with E-state index in [-0.39, 0.29) is 0 Å². The van der Waals surface area contributed by atoms with Gasteiger partial charge in [0.2, 0.25) is 0 Å². The van der Waals surface area contributed by atoms with Crippen LogP contribution in [0.3, 0.4) is 0 Å². The molecule has 2 heteroatoms. The second-order valence-electron chi connectivity index (χ2n) is 2.40. The monoisotopic (exact) mass is 162 g/mol. The molecule has 0 saturated carbocycles. The Bertz CT molecular complexity index is 280. The average molecular weight is 162 g/mol. The Labute approximate surface area is 71.2 Å². The number of aliphatic carboxylic acids is 1. The minimum atomic E-state index is -0.915. The molecular weight excluding hydrogens is 152 g/mol. The first kappa shape index (κ1) is 8.53. The van der Waals surface area contributed by atoms with E-state index in [4.69, 9.17) is 5.11 Å². The van der Waals surface area contributed by atoms with Crippen LogP contribution in [-0.4, -0.2) is 11.1 Å². The lowest BCUT2D eigenvalue weighted by atomic mass is 10.2. The van der Waals surface area contributed by atoms with Crippen molar-refractivity contribution < 1.29 is 9.90 Å². The number of rotatable bonds is 2. The molecule has 2 nitrogen and oxygen atoms in total. The van der Waals surface area contributed by atoms with Crippen molar-refractivity contribution in [1.82, 2.24) is 0 Å². The van der Waals surface area contributed by atoms with Crippen LogP contribution in [0.4, 0.5) is 0 Å². The standard InChI is InChI=1S/C10H10O2/c11-10(12)8-7-9-5-3-1-2-4-6-9/h1-3,5-8H,4H2,(H,11,12)/b8-7+. The molecule has 0 spiro atoms. The maximum Gasteiger partial charge on any atom is 0.328 e. The number of carboxylic acids is 1. The molecule has 1 rings (SSSR count). The van der Waals surface area contributed by atoms with Gasteiger partial charge in [-0.15, -0.1) is 0 Å². The van der Waals surface area contributed by atoms with Gasteiger partial charge in [0.1, 0.15) is 0 Å². The van der Waals surface area contributed by atoms with Crippen LogP contribution in [0.25, 0.3) is 0 Å². The number of allylic oxidation sites excluding steroid dienone is 7. The largest absolute Gasteiger partial charge is 0.478 e. The highest BCUT2D eigenvalue weighted by Gasteiger charge is 1.89. The van der Waals surface area contributed by atoms with Gasteiger partial charge in [0, 0.05) is 6.08 Å². The minimum absolute atomic E-state index is 0.853. The van der Waals surface area contributed by atoms with Crippen LogP contribution in [0.2, 0.25) is 0 Å².